The van der Waals surface area contributed by atoms with Crippen molar-refractivity contribution in [3.63, 3.8) is 0 Å². The third kappa shape index (κ3) is 2.43. The Balaban J connectivity index is 1.76. The minimum Gasteiger partial charge on any atom is -0.387 e. The molecule has 106 valence electrons. The normalized spacial score (nSPS) is 21.4. The van der Waals surface area contributed by atoms with Gasteiger partial charge >= 0.3 is 0 Å². The molecular weight excluding hydrogens is 316 g/mol. The number of benzene rings is 1. The molecule has 1 aromatic heterocycles. The highest BCUT2D eigenvalue weighted by atomic mass is 79.9. The van der Waals surface area contributed by atoms with E-state index in [4.69, 9.17) is 0 Å². The number of aryl methyl sites for hydroxylation is 1. The number of aliphatic hydroxyl groups excluding tert-OH is 1. The molecule has 0 saturated heterocycles. The van der Waals surface area contributed by atoms with E-state index in [2.05, 4.69) is 50.8 Å². The van der Waals surface area contributed by atoms with Gasteiger partial charge in [-0.25, -0.2) is 0 Å². The molecule has 1 aromatic carbocycles. The third-order valence-electron chi connectivity index (χ3n) is 4.22. The average Bonchev–Trinajstić information content (AvgIpc) is 2.91. The highest BCUT2D eigenvalue weighted by Gasteiger charge is 2.33. The van der Waals surface area contributed by atoms with Crippen molar-refractivity contribution in [1.82, 2.24) is 9.47 Å². The molecule has 0 bridgehead atoms. The lowest BCUT2D eigenvalue weighted by molar-refractivity contribution is 0.0710. The number of halogens is 1. The van der Waals surface area contributed by atoms with Crippen LogP contribution >= 0.6 is 15.9 Å². The standard InChI is InChI=1S/C16H19BrN2O/c1-18-9-12(17)8-13(18)10-19(2)15-7-11-5-3-4-6-14(11)16(15)20/h3-6,8-9,15-16,20H,7,10H2,1-2H3. The first-order valence-electron chi connectivity index (χ1n) is 6.83. The molecule has 0 fully saturated rings. The van der Waals surface area contributed by atoms with Crippen LogP contribution in [0.5, 0.6) is 0 Å². The van der Waals surface area contributed by atoms with Crippen LogP contribution < -0.4 is 0 Å². The number of fused-ring (bicyclic) bond motifs is 1. The summed E-state index contributed by atoms with van der Waals surface area (Å²) < 4.78 is 3.22. The van der Waals surface area contributed by atoms with E-state index in [0.29, 0.717) is 0 Å². The maximum Gasteiger partial charge on any atom is 0.0951 e. The molecule has 0 radical (unpaired) electrons. The maximum atomic E-state index is 10.5. The fraction of sp³-hybridized carbons (Fsp3) is 0.375. The van der Waals surface area contributed by atoms with E-state index in [1.54, 1.807) is 0 Å². The number of hydrogen-bond acceptors (Lipinski definition) is 2. The van der Waals surface area contributed by atoms with Gasteiger partial charge in [-0.05, 0) is 46.6 Å². The Bertz CT molecular complexity index is 623. The molecule has 1 aliphatic carbocycles. The van der Waals surface area contributed by atoms with Gasteiger partial charge in [0.15, 0.2) is 0 Å². The second-order valence-corrected chi connectivity index (χ2v) is 6.51. The summed E-state index contributed by atoms with van der Waals surface area (Å²) in [5.41, 5.74) is 3.59. The maximum absolute atomic E-state index is 10.5. The molecule has 2 aromatic rings. The number of rotatable bonds is 3. The van der Waals surface area contributed by atoms with Gasteiger partial charge in [0.2, 0.25) is 0 Å². The van der Waals surface area contributed by atoms with Crippen LogP contribution in [0.4, 0.5) is 0 Å². The van der Waals surface area contributed by atoms with Crippen molar-refractivity contribution in [2.24, 2.45) is 7.05 Å². The van der Waals surface area contributed by atoms with Crippen molar-refractivity contribution in [1.29, 1.82) is 0 Å². The molecular formula is C16H19BrN2O. The van der Waals surface area contributed by atoms with Gasteiger partial charge in [0, 0.05) is 36.0 Å². The van der Waals surface area contributed by atoms with Crippen molar-refractivity contribution < 1.29 is 5.11 Å². The Morgan fingerprint density at radius 2 is 2.15 bits per heavy atom. The van der Waals surface area contributed by atoms with Gasteiger partial charge < -0.3 is 9.67 Å². The van der Waals surface area contributed by atoms with Crippen molar-refractivity contribution in [3.8, 4) is 0 Å². The van der Waals surface area contributed by atoms with Gasteiger partial charge in [0.1, 0.15) is 0 Å². The molecule has 1 N–H and O–H groups in total. The molecule has 3 rings (SSSR count). The lowest BCUT2D eigenvalue weighted by atomic mass is 10.1. The van der Waals surface area contributed by atoms with E-state index in [0.717, 1.165) is 23.0 Å². The summed E-state index contributed by atoms with van der Waals surface area (Å²) in [7, 11) is 4.13. The predicted molar refractivity (Wildman–Crippen MR) is 83.5 cm³/mol. The third-order valence-corrected chi connectivity index (χ3v) is 4.65. The second-order valence-electron chi connectivity index (χ2n) is 5.59. The van der Waals surface area contributed by atoms with Crippen LogP contribution in [0.3, 0.4) is 0 Å². The first-order valence-corrected chi connectivity index (χ1v) is 7.62. The lowest BCUT2D eigenvalue weighted by Crippen LogP contribution is -2.35. The Morgan fingerprint density at radius 3 is 2.80 bits per heavy atom. The smallest absolute Gasteiger partial charge is 0.0951 e. The molecule has 1 aliphatic rings. The van der Waals surface area contributed by atoms with E-state index >= 15 is 0 Å². The summed E-state index contributed by atoms with van der Waals surface area (Å²) in [6.07, 6.45) is 2.59. The molecule has 3 nitrogen and oxygen atoms in total. The molecule has 20 heavy (non-hydrogen) atoms. The molecule has 1 heterocycles. The summed E-state index contributed by atoms with van der Waals surface area (Å²) in [5, 5.41) is 10.5. The zero-order valence-electron chi connectivity index (χ0n) is 11.8. The van der Waals surface area contributed by atoms with E-state index in [1.165, 1.54) is 11.3 Å². The fourth-order valence-electron chi connectivity index (χ4n) is 3.05. The van der Waals surface area contributed by atoms with Gasteiger partial charge in [0.05, 0.1) is 6.10 Å². The zero-order valence-corrected chi connectivity index (χ0v) is 13.3. The summed E-state index contributed by atoms with van der Waals surface area (Å²) >= 11 is 3.50. The van der Waals surface area contributed by atoms with Crippen LogP contribution in [0.15, 0.2) is 41.0 Å². The first-order chi connectivity index (χ1) is 9.56. The number of aromatic nitrogens is 1. The van der Waals surface area contributed by atoms with E-state index in [1.807, 2.05) is 25.2 Å². The molecule has 0 saturated carbocycles. The summed E-state index contributed by atoms with van der Waals surface area (Å²) in [4.78, 5) is 2.24. The van der Waals surface area contributed by atoms with Crippen LogP contribution in [-0.2, 0) is 20.0 Å². The number of likely N-dealkylation sites (N-methyl/N-ethyl adjacent to an activating group) is 1. The van der Waals surface area contributed by atoms with Crippen molar-refractivity contribution in [3.05, 3.63) is 57.8 Å². The molecule has 4 heteroatoms. The minimum absolute atomic E-state index is 0.154. The number of nitrogens with zero attached hydrogens (tertiary/aromatic N) is 2. The van der Waals surface area contributed by atoms with E-state index in [9.17, 15) is 5.11 Å². The Kier molecular flexibility index (Phi) is 3.71. The highest BCUT2D eigenvalue weighted by Crippen LogP contribution is 2.34. The van der Waals surface area contributed by atoms with Crippen molar-refractivity contribution >= 4 is 15.9 Å². The van der Waals surface area contributed by atoms with Crippen LogP contribution in [0.2, 0.25) is 0 Å². The second kappa shape index (κ2) is 5.35. The van der Waals surface area contributed by atoms with Gasteiger partial charge in [0.25, 0.3) is 0 Å². The highest BCUT2D eigenvalue weighted by molar-refractivity contribution is 9.10. The first kappa shape index (κ1) is 13.9. The number of hydrogen-bond donors (Lipinski definition) is 1. The van der Waals surface area contributed by atoms with Gasteiger partial charge in [-0.2, -0.15) is 0 Å². The van der Waals surface area contributed by atoms with E-state index in [-0.39, 0.29) is 12.1 Å². The minimum atomic E-state index is -0.389. The summed E-state index contributed by atoms with van der Waals surface area (Å²) in [5.74, 6) is 0. The van der Waals surface area contributed by atoms with Gasteiger partial charge in [-0.15, -0.1) is 0 Å². The predicted octanol–water partition coefficient (Wildman–Crippen LogP) is 2.88. The summed E-state index contributed by atoms with van der Waals surface area (Å²) in [6, 6.07) is 10.5. The molecule has 0 amide bonds. The Hall–Kier alpha value is -1.10. The average molecular weight is 335 g/mol. The van der Waals surface area contributed by atoms with Crippen molar-refractivity contribution in [2.45, 2.75) is 25.1 Å². The van der Waals surface area contributed by atoms with Gasteiger partial charge in [-0.3, -0.25) is 4.90 Å². The lowest BCUT2D eigenvalue weighted by Gasteiger charge is -2.27. The van der Waals surface area contributed by atoms with Crippen LogP contribution in [-0.4, -0.2) is 27.7 Å². The molecule has 0 spiro atoms. The zero-order chi connectivity index (χ0) is 14.3. The summed E-state index contributed by atoms with van der Waals surface area (Å²) in [6.45, 7) is 0.831. The SMILES string of the molecule is CN(Cc1cc(Br)cn1C)C1Cc2ccccc2C1O. The molecule has 0 aliphatic heterocycles. The molecule has 2 atom stereocenters. The van der Waals surface area contributed by atoms with Crippen LogP contribution in [0.25, 0.3) is 0 Å². The molecule has 2 unspecified atom stereocenters. The fourth-order valence-corrected chi connectivity index (χ4v) is 3.62. The van der Waals surface area contributed by atoms with Crippen LogP contribution in [0, 0.1) is 0 Å². The van der Waals surface area contributed by atoms with E-state index < -0.39 is 0 Å². The number of aliphatic hydroxyl groups is 1. The van der Waals surface area contributed by atoms with Gasteiger partial charge in [-0.1, -0.05) is 24.3 Å². The van der Waals surface area contributed by atoms with Crippen molar-refractivity contribution in [2.75, 3.05) is 7.05 Å². The Labute approximate surface area is 128 Å². The van der Waals surface area contributed by atoms with Crippen LogP contribution in [0.1, 0.15) is 22.9 Å². The Morgan fingerprint density at radius 1 is 1.40 bits per heavy atom. The largest absolute Gasteiger partial charge is 0.387 e. The topological polar surface area (TPSA) is 28.4 Å². The quantitative estimate of drug-likeness (QED) is 0.934. The monoisotopic (exact) mass is 334 g/mol.